The van der Waals surface area contributed by atoms with Crippen molar-refractivity contribution < 1.29 is 9.59 Å². The summed E-state index contributed by atoms with van der Waals surface area (Å²) in [6, 6.07) is 19.4. The maximum atomic E-state index is 12.5. The molecule has 0 aliphatic heterocycles. The number of H-pyrrole nitrogens is 1. The van der Waals surface area contributed by atoms with Crippen molar-refractivity contribution in [2.45, 2.75) is 0 Å². The van der Waals surface area contributed by atoms with Crippen LogP contribution in [0.25, 0.3) is 11.1 Å². The number of hydrogen-bond acceptors (Lipinski definition) is 3. The number of aromatic amines is 1. The number of aromatic nitrogens is 1. The average Bonchev–Trinajstić information content (AvgIpc) is 3.20. The Bertz CT molecular complexity index is 956. The molecule has 0 aliphatic carbocycles. The van der Waals surface area contributed by atoms with Crippen molar-refractivity contribution in [3.63, 3.8) is 0 Å². The molecule has 3 rings (SSSR count). The zero-order valence-electron chi connectivity index (χ0n) is 13.1. The van der Waals surface area contributed by atoms with Gasteiger partial charge in [0.1, 0.15) is 5.69 Å². The number of carbonyl (C=O) groups excluding carboxylic acids is 2. The predicted molar refractivity (Wildman–Crippen MR) is 92.3 cm³/mol. The molecule has 0 saturated carbocycles. The fraction of sp³-hybridized carbons (Fsp3) is 0. The summed E-state index contributed by atoms with van der Waals surface area (Å²) >= 11 is 0. The van der Waals surface area contributed by atoms with Gasteiger partial charge in [-0.2, -0.15) is 5.26 Å². The molecular formula is C19H14N4O2. The van der Waals surface area contributed by atoms with Gasteiger partial charge in [-0.1, -0.05) is 36.4 Å². The molecule has 122 valence electrons. The molecule has 0 saturated heterocycles. The van der Waals surface area contributed by atoms with Crippen molar-refractivity contribution in [3.8, 4) is 17.2 Å². The van der Waals surface area contributed by atoms with Crippen LogP contribution in [0.4, 0.5) is 0 Å². The molecule has 0 unspecified atom stereocenters. The Morgan fingerprint density at radius 2 is 1.52 bits per heavy atom. The van der Waals surface area contributed by atoms with E-state index < -0.39 is 11.8 Å². The van der Waals surface area contributed by atoms with Crippen LogP contribution in [-0.2, 0) is 0 Å². The molecule has 0 fully saturated rings. The van der Waals surface area contributed by atoms with E-state index in [1.807, 2.05) is 0 Å². The Balaban J connectivity index is 1.84. The number of hydrogen-bond donors (Lipinski definition) is 3. The van der Waals surface area contributed by atoms with Gasteiger partial charge in [-0.15, -0.1) is 0 Å². The summed E-state index contributed by atoms with van der Waals surface area (Å²) in [6.07, 6.45) is 1.62. The highest BCUT2D eigenvalue weighted by molar-refractivity contribution is 6.03. The first-order valence-corrected chi connectivity index (χ1v) is 7.53. The summed E-state index contributed by atoms with van der Waals surface area (Å²) in [5, 5.41) is 9.28. The summed E-state index contributed by atoms with van der Waals surface area (Å²) in [4.78, 5) is 27.1. The molecule has 6 nitrogen and oxygen atoms in total. The number of amides is 2. The molecule has 0 radical (unpaired) electrons. The lowest BCUT2D eigenvalue weighted by molar-refractivity contribution is 0.0844. The topological polar surface area (TPSA) is 97.8 Å². The van der Waals surface area contributed by atoms with Gasteiger partial charge in [-0.05, 0) is 29.8 Å². The third-order valence-electron chi connectivity index (χ3n) is 3.64. The van der Waals surface area contributed by atoms with E-state index in [9.17, 15) is 14.9 Å². The normalized spacial score (nSPS) is 9.88. The second kappa shape index (κ2) is 7.15. The fourth-order valence-corrected chi connectivity index (χ4v) is 2.45. The molecule has 25 heavy (non-hydrogen) atoms. The van der Waals surface area contributed by atoms with E-state index in [2.05, 4.69) is 21.9 Å². The number of nitrogens with zero attached hydrogens (tertiary/aromatic N) is 1. The van der Waals surface area contributed by atoms with Gasteiger partial charge in [0.15, 0.2) is 0 Å². The average molecular weight is 330 g/mol. The van der Waals surface area contributed by atoms with Gasteiger partial charge >= 0.3 is 0 Å². The van der Waals surface area contributed by atoms with E-state index in [0.29, 0.717) is 27.9 Å². The first-order chi connectivity index (χ1) is 12.2. The SMILES string of the molecule is N#Cc1ccccc1-c1ccccc1C(=O)NNC(=O)c1ccc[nH]1. The molecule has 2 aromatic carbocycles. The minimum absolute atomic E-state index is 0.336. The number of carbonyl (C=O) groups is 2. The van der Waals surface area contributed by atoms with Gasteiger partial charge in [0, 0.05) is 17.3 Å². The van der Waals surface area contributed by atoms with E-state index in [-0.39, 0.29) is 0 Å². The highest BCUT2D eigenvalue weighted by Crippen LogP contribution is 2.26. The molecule has 0 atom stereocenters. The third-order valence-corrected chi connectivity index (χ3v) is 3.64. The quantitative estimate of drug-likeness (QED) is 0.644. The Hall–Kier alpha value is -3.85. The smallest absolute Gasteiger partial charge is 0.286 e. The zero-order chi connectivity index (χ0) is 17.6. The highest BCUT2D eigenvalue weighted by atomic mass is 16.2. The van der Waals surface area contributed by atoms with E-state index in [4.69, 9.17) is 0 Å². The fourth-order valence-electron chi connectivity index (χ4n) is 2.45. The van der Waals surface area contributed by atoms with Gasteiger partial charge in [-0.3, -0.25) is 20.4 Å². The zero-order valence-corrected chi connectivity index (χ0v) is 13.1. The lowest BCUT2D eigenvalue weighted by Gasteiger charge is -2.12. The lowest BCUT2D eigenvalue weighted by atomic mass is 9.95. The summed E-state index contributed by atoms with van der Waals surface area (Å²) in [5.74, 6) is -0.920. The molecule has 6 heteroatoms. The molecule has 3 aromatic rings. The maximum Gasteiger partial charge on any atom is 0.286 e. The Labute approximate surface area is 144 Å². The van der Waals surface area contributed by atoms with E-state index in [1.165, 1.54) is 0 Å². The first kappa shape index (κ1) is 16.0. The number of nitriles is 1. The molecule has 1 aromatic heterocycles. The van der Waals surface area contributed by atoms with Crippen LogP contribution < -0.4 is 10.9 Å². The molecule has 1 heterocycles. The van der Waals surface area contributed by atoms with Gasteiger partial charge < -0.3 is 4.98 Å². The van der Waals surface area contributed by atoms with Crippen LogP contribution >= 0.6 is 0 Å². The second-order valence-electron chi connectivity index (χ2n) is 5.20. The van der Waals surface area contributed by atoms with Crippen LogP contribution in [0, 0.1) is 11.3 Å². The molecule has 3 N–H and O–H groups in total. The van der Waals surface area contributed by atoms with Gasteiger partial charge in [0.2, 0.25) is 0 Å². The third kappa shape index (κ3) is 3.41. The molecule has 0 bridgehead atoms. The van der Waals surface area contributed by atoms with E-state index in [0.717, 1.165) is 0 Å². The van der Waals surface area contributed by atoms with Crippen molar-refractivity contribution in [3.05, 3.63) is 83.7 Å². The lowest BCUT2D eigenvalue weighted by Crippen LogP contribution is -2.41. The van der Waals surface area contributed by atoms with Gasteiger partial charge in [-0.25, -0.2) is 0 Å². The van der Waals surface area contributed by atoms with Gasteiger partial charge in [0.25, 0.3) is 11.8 Å². The van der Waals surface area contributed by atoms with E-state index in [1.54, 1.807) is 66.9 Å². The highest BCUT2D eigenvalue weighted by Gasteiger charge is 2.15. The van der Waals surface area contributed by atoms with Crippen LogP contribution in [0.2, 0.25) is 0 Å². The summed E-state index contributed by atoms with van der Waals surface area (Å²) < 4.78 is 0. The van der Waals surface area contributed by atoms with Crippen molar-refractivity contribution in [1.29, 1.82) is 5.26 Å². The predicted octanol–water partition coefficient (Wildman–Crippen LogP) is 2.63. The van der Waals surface area contributed by atoms with Crippen LogP contribution in [0.1, 0.15) is 26.4 Å². The summed E-state index contributed by atoms with van der Waals surface area (Å²) in [7, 11) is 0. The minimum Gasteiger partial charge on any atom is -0.357 e. The van der Waals surface area contributed by atoms with Crippen molar-refractivity contribution in [2.75, 3.05) is 0 Å². The monoisotopic (exact) mass is 330 g/mol. The standard InChI is InChI=1S/C19H14N4O2/c20-12-13-6-1-2-7-14(13)15-8-3-4-9-16(15)18(24)22-23-19(25)17-10-5-11-21-17/h1-11,21H,(H,22,24)(H,23,25). The van der Waals surface area contributed by atoms with Crippen LogP contribution in [0.5, 0.6) is 0 Å². The number of benzene rings is 2. The van der Waals surface area contributed by atoms with Crippen molar-refractivity contribution >= 4 is 11.8 Å². The minimum atomic E-state index is -0.469. The van der Waals surface area contributed by atoms with Crippen molar-refractivity contribution in [1.82, 2.24) is 15.8 Å². The van der Waals surface area contributed by atoms with Crippen molar-refractivity contribution in [2.24, 2.45) is 0 Å². The molecule has 0 spiro atoms. The molecule has 0 aliphatic rings. The Morgan fingerprint density at radius 3 is 2.24 bits per heavy atom. The number of rotatable bonds is 3. The Kier molecular flexibility index (Phi) is 4.58. The number of hydrazine groups is 1. The van der Waals surface area contributed by atoms with Crippen LogP contribution in [-0.4, -0.2) is 16.8 Å². The van der Waals surface area contributed by atoms with E-state index >= 15 is 0 Å². The van der Waals surface area contributed by atoms with Crippen LogP contribution in [0.15, 0.2) is 66.9 Å². The molecular weight excluding hydrogens is 316 g/mol. The maximum absolute atomic E-state index is 12.5. The number of nitrogens with one attached hydrogen (secondary N) is 3. The molecule has 2 amide bonds. The Morgan fingerprint density at radius 1 is 0.840 bits per heavy atom. The largest absolute Gasteiger partial charge is 0.357 e. The first-order valence-electron chi connectivity index (χ1n) is 7.53. The summed E-state index contributed by atoms with van der Waals surface area (Å²) in [5.41, 5.74) is 7.19. The summed E-state index contributed by atoms with van der Waals surface area (Å²) in [6.45, 7) is 0. The second-order valence-corrected chi connectivity index (χ2v) is 5.20. The van der Waals surface area contributed by atoms with Gasteiger partial charge in [0.05, 0.1) is 11.6 Å². The van der Waals surface area contributed by atoms with Crippen LogP contribution in [0.3, 0.4) is 0 Å².